The quantitative estimate of drug-likeness (QED) is 0.825. The van der Waals surface area contributed by atoms with Crippen molar-refractivity contribution in [2.24, 2.45) is 0 Å². The predicted octanol–water partition coefficient (Wildman–Crippen LogP) is 2.93. The van der Waals surface area contributed by atoms with E-state index in [2.05, 4.69) is 5.43 Å². The first-order chi connectivity index (χ1) is 10.3. The molecule has 0 aliphatic rings. The summed E-state index contributed by atoms with van der Waals surface area (Å²) < 4.78 is 24.2. The molecule has 5 nitrogen and oxygen atoms in total. The molecule has 116 valence electrons. The third-order valence-corrected chi connectivity index (χ3v) is 4.42. The summed E-state index contributed by atoms with van der Waals surface area (Å²) in [5.41, 5.74) is 3.46. The molecule has 22 heavy (non-hydrogen) atoms. The highest BCUT2D eigenvalue weighted by Gasteiger charge is 2.17. The Bertz CT molecular complexity index is 785. The van der Waals surface area contributed by atoms with Gasteiger partial charge in [0.1, 0.15) is 0 Å². The maximum atomic E-state index is 12.1. The highest BCUT2D eigenvalue weighted by molar-refractivity contribution is 7.89. The van der Waals surface area contributed by atoms with E-state index < -0.39 is 15.9 Å². The van der Waals surface area contributed by atoms with Crippen LogP contribution >= 0.6 is 23.2 Å². The third kappa shape index (κ3) is 4.20. The highest BCUT2D eigenvalue weighted by atomic mass is 35.5. The zero-order chi connectivity index (χ0) is 16.3. The minimum absolute atomic E-state index is 0.144. The van der Waals surface area contributed by atoms with E-state index in [9.17, 15) is 13.2 Å². The molecule has 0 radical (unpaired) electrons. The Kier molecular flexibility index (Phi) is 5.08. The van der Waals surface area contributed by atoms with E-state index in [1.54, 1.807) is 24.3 Å². The molecule has 2 aromatic carbocycles. The monoisotopic (exact) mass is 358 g/mol. The molecule has 0 aliphatic carbocycles. The van der Waals surface area contributed by atoms with Crippen LogP contribution < -0.4 is 10.3 Å². The number of halogens is 2. The molecule has 0 aromatic heterocycles. The fourth-order valence-corrected chi connectivity index (χ4v) is 3.20. The number of hydrazine groups is 1. The smallest absolute Gasteiger partial charge is 0.266 e. The Hall–Kier alpha value is -1.60. The summed E-state index contributed by atoms with van der Waals surface area (Å²) in [5, 5.41) is 0.357. The van der Waals surface area contributed by atoms with E-state index in [0.29, 0.717) is 5.56 Å². The van der Waals surface area contributed by atoms with E-state index in [-0.39, 0.29) is 14.9 Å². The summed E-state index contributed by atoms with van der Waals surface area (Å²) in [6.45, 7) is 1.88. The van der Waals surface area contributed by atoms with Crippen molar-refractivity contribution in [2.45, 2.75) is 11.8 Å². The van der Waals surface area contributed by atoms with Crippen LogP contribution in [-0.4, -0.2) is 14.3 Å². The highest BCUT2D eigenvalue weighted by Crippen LogP contribution is 2.21. The zero-order valence-electron chi connectivity index (χ0n) is 11.4. The lowest BCUT2D eigenvalue weighted by Crippen LogP contribution is -2.41. The molecule has 0 unspecified atom stereocenters. The Balaban J connectivity index is 2.12. The van der Waals surface area contributed by atoms with Gasteiger partial charge in [-0.1, -0.05) is 40.9 Å². The van der Waals surface area contributed by atoms with Gasteiger partial charge in [-0.25, -0.2) is 8.42 Å². The van der Waals surface area contributed by atoms with Gasteiger partial charge in [0.25, 0.3) is 15.9 Å². The maximum absolute atomic E-state index is 12.1. The maximum Gasteiger partial charge on any atom is 0.266 e. The van der Waals surface area contributed by atoms with Gasteiger partial charge in [-0.2, -0.15) is 0 Å². The van der Waals surface area contributed by atoms with Crippen molar-refractivity contribution in [3.8, 4) is 0 Å². The average molecular weight is 359 g/mol. The van der Waals surface area contributed by atoms with E-state index in [1.807, 2.05) is 11.8 Å². The Labute approximate surface area is 138 Å². The van der Waals surface area contributed by atoms with Crippen molar-refractivity contribution in [1.82, 2.24) is 10.3 Å². The van der Waals surface area contributed by atoms with Gasteiger partial charge in [0.2, 0.25) is 0 Å². The summed E-state index contributed by atoms with van der Waals surface area (Å²) in [4.78, 5) is 13.7. The number of hydrogen-bond acceptors (Lipinski definition) is 3. The van der Waals surface area contributed by atoms with Crippen molar-refractivity contribution in [2.75, 3.05) is 0 Å². The number of amides is 1. The van der Waals surface area contributed by atoms with E-state index in [0.717, 1.165) is 5.56 Å². The van der Waals surface area contributed by atoms with Crippen LogP contribution in [0, 0.1) is 6.92 Å². The minimum atomic E-state index is -3.97. The van der Waals surface area contributed by atoms with Crippen LogP contribution in [0.5, 0.6) is 0 Å². The second-order valence-corrected chi connectivity index (χ2v) is 7.09. The molecule has 2 aromatic rings. The first-order valence-electron chi connectivity index (χ1n) is 6.13. The number of aryl methyl sites for hydroxylation is 1. The van der Waals surface area contributed by atoms with Crippen molar-refractivity contribution in [3.05, 3.63) is 63.6 Å². The molecule has 0 spiro atoms. The number of carbonyl (C=O) groups is 1. The van der Waals surface area contributed by atoms with E-state index in [1.165, 1.54) is 18.2 Å². The minimum Gasteiger partial charge on any atom is -0.273 e. The third-order valence-electron chi connectivity index (χ3n) is 2.76. The van der Waals surface area contributed by atoms with Crippen LogP contribution in [0.3, 0.4) is 0 Å². The SMILES string of the molecule is Cc1ccc(C(=O)NNS(=O)(=O)c2cc(Cl)cc(Cl)c2)cc1. The van der Waals surface area contributed by atoms with Crippen LogP contribution in [0.25, 0.3) is 0 Å². The van der Waals surface area contributed by atoms with E-state index >= 15 is 0 Å². The molecular weight excluding hydrogens is 347 g/mol. The van der Waals surface area contributed by atoms with Gasteiger partial charge in [-0.3, -0.25) is 10.2 Å². The number of nitrogens with one attached hydrogen (secondary N) is 2. The number of carbonyl (C=O) groups excluding carboxylic acids is 1. The molecular formula is C14H12Cl2N2O3S. The molecule has 0 bridgehead atoms. The van der Waals surface area contributed by atoms with Gasteiger partial charge < -0.3 is 0 Å². The number of benzene rings is 2. The second-order valence-electron chi connectivity index (χ2n) is 4.53. The summed E-state index contributed by atoms with van der Waals surface area (Å²) in [6.07, 6.45) is 0. The molecule has 0 atom stereocenters. The first-order valence-corrected chi connectivity index (χ1v) is 8.37. The van der Waals surface area contributed by atoms with Gasteiger partial charge in [0.15, 0.2) is 0 Å². The predicted molar refractivity (Wildman–Crippen MR) is 85.4 cm³/mol. The van der Waals surface area contributed by atoms with Crippen LogP contribution in [0.1, 0.15) is 15.9 Å². The fourth-order valence-electron chi connectivity index (χ4n) is 1.63. The number of rotatable bonds is 4. The summed E-state index contributed by atoms with van der Waals surface area (Å²) in [5.74, 6) is -0.572. The molecule has 0 saturated heterocycles. The van der Waals surface area contributed by atoms with Crippen molar-refractivity contribution < 1.29 is 13.2 Å². The van der Waals surface area contributed by atoms with Crippen molar-refractivity contribution >= 4 is 39.1 Å². The Morgan fingerprint density at radius 2 is 1.55 bits per heavy atom. The molecule has 1 amide bonds. The molecule has 0 heterocycles. The second kappa shape index (κ2) is 6.66. The topological polar surface area (TPSA) is 75.3 Å². The van der Waals surface area contributed by atoms with E-state index in [4.69, 9.17) is 23.2 Å². The van der Waals surface area contributed by atoms with Crippen LogP contribution in [0.15, 0.2) is 47.4 Å². The van der Waals surface area contributed by atoms with Crippen LogP contribution in [0.2, 0.25) is 10.0 Å². The lowest BCUT2D eigenvalue weighted by atomic mass is 10.1. The molecule has 0 fully saturated rings. The normalized spacial score (nSPS) is 11.2. The zero-order valence-corrected chi connectivity index (χ0v) is 13.8. The molecule has 2 rings (SSSR count). The largest absolute Gasteiger partial charge is 0.273 e. The van der Waals surface area contributed by atoms with Crippen LogP contribution in [-0.2, 0) is 10.0 Å². The Morgan fingerprint density at radius 3 is 2.09 bits per heavy atom. The summed E-state index contributed by atoms with van der Waals surface area (Å²) in [7, 11) is -3.97. The van der Waals surface area contributed by atoms with Gasteiger partial charge >= 0.3 is 0 Å². The Morgan fingerprint density at radius 1 is 1.00 bits per heavy atom. The number of hydrogen-bond donors (Lipinski definition) is 2. The van der Waals surface area contributed by atoms with Gasteiger partial charge in [0, 0.05) is 15.6 Å². The molecule has 0 aliphatic heterocycles. The molecule has 2 N–H and O–H groups in total. The standard InChI is InChI=1S/C14H12Cl2N2O3S/c1-9-2-4-10(5-3-9)14(19)17-18-22(20,21)13-7-11(15)6-12(16)8-13/h2-8,18H,1H3,(H,17,19). The van der Waals surface area contributed by atoms with Crippen molar-refractivity contribution in [1.29, 1.82) is 0 Å². The lowest BCUT2D eigenvalue weighted by molar-refractivity contribution is 0.0945. The summed E-state index contributed by atoms with van der Waals surface area (Å²) >= 11 is 11.5. The lowest BCUT2D eigenvalue weighted by Gasteiger charge is -2.09. The summed E-state index contributed by atoms with van der Waals surface area (Å²) in [6, 6.07) is 10.6. The van der Waals surface area contributed by atoms with Gasteiger partial charge in [-0.15, -0.1) is 4.83 Å². The molecule has 8 heteroatoms. The van der Waals surface area contributed by atoms with Crippen LogP contribution in [0.4, 0.5) is 0 Å². The average Bonchev–Trinajstić information content (AvgIpc) is 2.44. The number of sulfonamides is 1. The fraction of sp³-hybridized carbons (Fsp3) is 0.0714. The first kappa shape index (κ1) is 16.8. The van der Waals surface area contributed by atoms with Gasteiger partial charge in [0.05, 0.1) is 4.90 Å². The van der Waals surface area contributed by atoms with Gasteiger partial charge in [-0.05, 0) is 37.3 Å². The van der Waals surface area contributed by atoms with Crippen molar-refractivity contribution in [3.63, 3.8) is 0 Å². The molecule has 0 saturated carbocycles.